The number of carbonyl (C=O) groups excluding carboxylic acids is 1. The third-order valence-corrected chi connectivity index (χ3v) is 3.03. The van der Waals surface area contributed by atoms with E-state index >= 15 is 0 Å². The maximum atomic E-state index is 11.7. The zero-order valence-corrected chi connectivity index (χ0v) is 9.56. The molecule has 16 heavy (non-hydrogen) atoms. The third-order valence-electron chi connectivity index (χ3n) is 3.03. The number of methoxy groups -OCH3 is 2. The number of hydrogen-bond donors (Lipinski definition) is 1. The van der Waals surface area contributed by atoms with Crippen molar-refractivity contribution < 1.29 is 24.2 Å². The van der Waals surface area contributed by atoms with Gasteiger partial charge in [-0.2, -0.15) is 0 Å². The molecule has 6 nitrogen and oxygen atoms in total. The molecule has 0 aromatic carbocycles. The van der Waals surface area contributed by atoms with Crippen molar-refractivity contribution in [3.63, 3.8) is 0 Å². The Morgan fingerprint density at radius 3 is 2.25 bits per heavy atom. The second kappa shape index (κ2) is 5.16. The van der Waals surface area contributed by atoms with Crippen LogP contribution in [0.1, 0.15) is 12.8 Å². The molecule has 0 radical (unpaired) electrons. The summed E-state index contributed by atoms with van der Waals surface area (Å²) < 4.78 is 9.79. The molecule has 1 N–H and O–H groups in total. The summed E-state index contributed by atoms with van der Waals surface area (Å²) in [6, 6.07) is 0. The molecule has 1 rings (SSSR count). The van der Waals surface area contributed by atoms with Crippen LogP contribution in [0.4, 0.5) is 4.79 Å². The van der Waals surface area contributed by atoms with Gasteiger partial charge in [0.25, 0.3) is 0 Å². The Labute approximate surface area is 94.1 Å². The highest BCUT2D eigenvalue weighted by Gasteiger charge is 2.43. The Kier molecular flexibility index (Phi) is 4.12. The number of carboxylic acid groups (broad SMARTS) is 1. The van der Waals surface area contributed by atoms with Gasteiger partial charge in [0.1, 0.15) is 0 Å². The van der Waals surface area contributed by atoms with Crippen LogP contribution in [0.25, 0.3) is 0 Å². The van der Waals surface area contributed by atoms with E-state index in [-0.39, 0.29) is 12.6 Å². The van der Waals surface area contributed by atoms with Gasteiger partial charge in [-0.3, -0.25) is 4.79 Å². The number of piperidine rings is 1. The van der Waals surface area contributed by atoms with E-state index in [0.717, 1.165) is 0 Å². The highest BCUT2D eigenvalue weighted by molar-refractivity contribution is 5.77. The highest BCUT2D eigenvalue weighted by Crippen LogP contribution is 2.33. The molecule has 0 saturated carbocycles. The van der Waals surface area contributed by atoms with Gasteiger partial charge >= 0.3 is 12.1 Å². The lowest BCUT2D eigenvalue weighted by molar-refractivity contribution is -0.159. The third kappa shape index (κ3) is 2.44. The van der Waals surface area contributed by atoms with Crippen LogP contribution in [-0.4, -0.2) is 56.0 Å². The zero-order valence-electron chi connectivity index (χ0n) is 9.56. The van der Waals surface area contributed by atoms with E-state index in [1.165, 1.54) is 19.1 Å². The number of hydrogen-bond acceptors (Lipinski definition) is 4. The maximum absolute atomic E-state index is 11.7. The number of ether oxygens (including phenoxy) is 2. The minimum absolute atomic E-state index is 0.271. The van der Waals surface area contributed by atoms with Crippen molar-refractivity contribution in [2.24, 2.45) is 5.41 Å². The Morgan fingerprint density at radius 2 is 1.88 bits per heavy atom. The van der Waals surface area contributed by atoms with Crippen LogP contribution < -0.4 is 0 Å². The molecule has 92 valence electrons. The fourth-order valence-corrected chi connectivity index (χ4v) is 2.03. The molecule has 0 unspecified atom stereocenters. The second-order valence-corrected chi connectivity index (χ2v) is 3.97. The molecule has 0 spiro atoms. The number of esters is 1. The molecule has 1 fully saturated rings. The van der Waals surface area contributed by atoms with Gasteiger partial charge in [0.15, 0.2) is 0 Å². The molecule has 1 saturated heterocycles. The summed E-state index contributed by atoms with van der Waals surface area (Å²) in [5, 5.41) is 8.81. The van der Waals surface area contributed by atoms with Crippen LogP contribution in [0.5, 0.6) is 0 Å². The van der Waals surface area contributed by atoms with E-state index in [2.05, 4.69) is 0 Å². The van der Waals surface area contributed by atoms with Gasteiger partial charge in [-0.1, -0.05) is 0 Å². The number of rotatable bonds is 3. The van der Waals surface area contributed by atoms with Crippen LogP contribution in [0, 0.1) is 5.41 Å². The van der Waals surface area contributed by atoms with E-state index < -0.39 is 11.5 Å². The summed E-state index contributed by atoms with van der Waals surface area (Å²) in [6.07, 6.45) is -0.0597. The van der Waals surface area contributed by atoms with E-state index in [1.807, 2.05) is 0 Å². The summed E-state index contributed by atoms with van der Waals surface area (Å²) in [5.41, 5.74) is -0.685. The molecule has 1 amide bonds. The normalized spacial score (nSPS) is 19.2. The molecule has 0 bridgehead atoms. The van der Waals surface area contributed by atoms with Crippen molar-refractivity contribution in [2.75, 3.05) is 33.9 Å². The summed E-state index contributed by atoms with van der Waals surface area (Å²) in [7, 11) is 2.86. The van der Waals surface area contributed by atoms with Gasteiger partial charge in [0.05, 0.1) is 19.1 Å². The Hall–Kier alpha value is -1.30. The first kappa shape index (κ1) is 12.8. The number of amides is 1. The molecule has 0 aromatic rings. The molecule has 6 heteroatoms. The minimum Gasteiger partial charge on any atom is -0.469 e. The van der Waals surface area contributed by atoms with Crippen molar-refractivity contribution in [3.05, 3.63) is 0 Å². The highest BCUT2D eigenvalue weighted by atomic mass is 16.5. The molecule has 0 aliphatic carbocycles. The van der Waals surface area contributed by atoms with E-state index in [9.17, 15) is 9.59 Å². The maximum Gasteiger partial charge on any atom is 0.407 e. The van der Waals surface area contributed by atoms with Gasteiger partial charge in [-0.25, -0.2) is 4.79 Å². The second-order valence-electron chi connectivity index (χ2n) is 3.97. The van der Waals surface area contributed by atoms with Crippen LogP contribution >= 0.6 is 0 Å². The van der Waals surface area contributed by atoms with Gasteiger partial charge in [0.2, 0.25) is 0 Å². The van der Waals surface area contributed by atoms with Crippen LogP contribution in [0.3, 0.4) is 0 Å². The molecule has 1 heterocycles. The number of likely N-dealkylation sites (tertiary alicyclic amines) is 1. The van der Waals surface area contributed by atoms with Crippen LogP contribution in [0.15, 0.2) is 0 Å². The van der Waals surface area contributed by atoms with E-state index in [0.29, 0.717) is 25.9 Å². The molecule has 0 aromatic heterocycles. The van der Waals surface area contributed by atoms with Crippen molar-refractivity contribution in [3.8, 4) is 0 Å². The minimum atomic E-state index is -0.948. The smallest absolute Gasteiger partial charge is 0.407 e. The Balaban J connectivity index is 2.69. The lowest BCUT2D eigenvalue weighted by Gasteiger charge is -2.37. The van der Waals surface area contributed by atoms with Crippen molar-refractivity contribution >= 4 is 12.1 Å². The zero-order chi connectivity index (χ0) is 12.2. The predicted octanol–water partition coefficient (Wildman–Crippen LogP) is 0.566. The quantitative estimate of drug-likeness (QED) is 0.718. The van der Waals surface area contributed by atoms with Crippen LogP contribution in [-0.2, 0) is 14.3 Å². The summed E-state index contributed by atoms with van der Waals surface area (Å²) >= 11 is 0. The van der Waals surface area contributed by atoms with E-state index in [4.69, 9.17) is 14.6 Å². The van der Waals surface area contributed by atoms with Gasteiger partial charge < -0.3 is 19.5 Å². The average Bonchev–Trinajstić information content (AvgIpc) is 2.29. The fraction of sp³-hybridized carbons (Fsp3) is 0.800. The first-order valence-corrected chi connectivity index (χ1v) is 5.11. The SMILES string of the molecule is COCC1(C(=O)OC)CCN(C(=O)O)CC1. The topological polar surface area (TPSA) is 76.1 Å². The Bertz CT molecular complexity index is 270. The summed E-state index contributed by atoms with van der Waals surface area (Å²) in [6.45, 7) is 0.953. The molecule has 1 aliphatic heterocycles. The molecular formula is C10H17NO5. The lowest BCUT2D eigenvalue weighted by Crippen LogP contribution is -2.48. The molecule has 0 atom stereocenters. The first-order chi connectivity index (χ1) is 7.55. The lowest BCUT2D eigenvalue weighted by atomic mass is 9.79. The monoisotopic (exact) mass is 231 g/mol. The standard InChI is InChI=1S/C10H17NO5/c1-15-7-10(8(12)16-2)3-5-11(6-4-10)9(13)14/h3-7H2,1-2H3,(H,13,14). The van der Waals surface area contributed by atoms with Crippen molar-refractivity contribution in [1.82, 2.24) is 4.90 Å². The molecular weight excluding hydrogens is 214 g/mol. The van der Waals surface area contributed by atoms with Gasteiger partial charge in [-0.05, 0) is 12.8 Å². The summed E-state index contributed by atoms with van der Waals surface area (Å²) in [5.74, 6) is -0.320. The molecule has 1 aliphatic rings. The predicted molar refractivity (Wildman–Crippen MR) is 55.2 cm³/mol. The average molecular weight is 231 g/mol. The van der Waals surface area contributed by atoms with Crippen LogP contribution in [0.2, 0.25) is 0 Å². The van der Waals surface area contributed by atoms with Gasteiger partial charge in [-0.15, -0.1) is 0 Å². The van der Waals surface area contributed by atoms with Crippen molar-refractivity contribution in [2.45, 2.75) is 12.8 Å². The number of nitrogens with zero attached hydrogens (tertiary/aromatic N) is 1. The number of carbonyl (C=O) groups is 2. The first-order valence-electron chi connectivity index (χ1n) is 5.11. The Morgan fingerprint density at radius 1 is 1.31 bits per heavy atom. The largest absolute Gasteiger partial charge is 0.469 e. The van der Waals surface area contributed by atoms with Crippen molar-refractivity contribution in [1.29, 1.82) is 0 Å². The summed E-state index contributed by atoms with van der Waals surface area (Å²) in [4.78, 5) is 23.7. The van der Waals surface area contributed by atoms with E-state index in [1.54, 1.807) is 0 Å². The van der Waals surface area contributed by atoms with Gasteiger partial charge in [0, 0.05) is 20.2 Å². The fourth-order valence-electron chi connectivity index (χ4n) is 2.03.